The Balaban J connectivity index is 1.54. The average Bonchev–Trinajstić information content (AvgIpc) is 2.75. The lowest BCUT2D eigenvalue weighted by Crippen LogP contribution is -2.43. The molecule has 0 spiro atoms. The number of piperidine rings is 1. The first-order valence-electron chi connectivity index (χ1n) is 10.3. The fourth-order valence-corrected chi connectivity index (χ4v) is 6.02. The molecule has 0 unspecified atom stereocenters. The molecule has 0 radical (unpaired) electrons. The largest absolute Gasteiger partial charge is 0.349 e. The van der Waals surface area contributed by atoms with E-state index in [1.54, 1.807) is 36.4 Å². The summed E-state index contributed by atoms with van der Waals surface area (Å²) in [5.74, 6) is -0.490. The van der Waals surface area contributed by atoms with Gasteiger partial charge in [-0.2, -0.15) is 0 Å². The SMILES string of the molecule is C[C@H](NC(=O)C1CCN(S(=O)(=O)Cc2ccc(Cl)cc2)CC1)c1ccc(S(C)(=O)=O)cc1. The molecule has 10 heteroatoms. The number of amides is 1. The number of nitrogens with zero attached hydrogens (tertiary/aromatic N) is 1. The number of carbonyl (C=O) groups excluding carboxylic acids is 1. The Morgan fingerprint density at radius 3 is 2.12 bits per heavy atom. The molecule has 1 amide bonds. The van der Waals surface area contributed by atoms with Crippen molar-refractivity contribution in [3.05, 3.63) is 64.7 Å². The van der Waals surface area contributed by atoms with Crippen LogP contribution in [0.1, 0.15) is 36.9 Å². The molecule has 0 saturated carbocycles. The Hall–Kier alpha value is -1.94. The van der Waals surface area contributed by atoms with Gasteiger partial charge < -0.3 is 5.32 Å². The second-order valence-corrected chi connectivity index (χ2v) is 12.5. The summed E-state index contributed by atoms with van der Waals surface area (Å²) in [5, 5.41) is 3.51. The molecule has 1 heterocycles. The van der Waals surface area contributed by atoms with E-state index < -0.39 is 19.9 Å². The molecule has 0 bridgehead atoms. The summed E-state index contributed by atoms with van der Waals surface area (Å²) in [4.78, 5) is 12.9. The smallest absolute Gasteiger partial charge is 0.223 e. The van der Waals surface area contributed by atoms with Crippen LogP contribution in [0.5, 0.6) is 0 Å². The molecule has 7 nitrogen and oxygen atoms in total. The summed E-state index contributed by atoms with van der Waals surface area (Å²) in [6.07, 6.45) is 2.05. The van der Waals surface area contributed by atoms with Gasteiger partial charge in [-0.15, -0.1) is 0 Å². The van der Waals surface area contributed by atoms with E-state index in [9.17, 15) is 21.6 Å². The number of sulfonamides is 1. The summed E-state index contributed by atoms with van der Waals surface area (Å²) >= 11 is 5.86. The van der Waals surface area contributed by atoms with Crippen molar-refractivity contribution in [2.75, 3.05) is 19.3 Å². The highest BCUT2D eigenvalue weighted by molar-refractivity contribution is 7.90. The highest BCUT2D eigenvalue weighted by Gasteiger charge is 2.31. The van der Waals surface area contributed by atoms with Gasteiger partial charge in [-0.3, -0.25) is 4.79 Å². The van der Waals surface area contributed by atoms with E-state index in [0.717, 1.165) is 11.8 Å². The van der Waals surface area contributed by atoms with Crippen molar-refractivity contribution in [3.8, 4) is 0 Å². The number of hydrogen-bond acceptors (Lipinski definition) is 5. The fraction of sp³-hybridized carbons (Fsp3) is 0.409. The van der Waals surface area contributed by atoms with Crippen LogP contribution in [-0.2, 0) is 30.4 Å². The minimum absolute atomic E-state index is 0.0957. The van der Waals surface area contributed by atoms with Crippen LogP contribution in [0.4, 0.5) is 0 Å². The average molecular weight is 499 g/mol. The van der Waals surface area contributed by atoms with Gasteiger partial charge >= 0.3 is 0 Å². The van der Waals surface area contributed by atoms with Gasteiger partial charge in [0.1, 0.15) is 0 Å². The van der Waals surface area contributed by atoms with Crippen LogP contribution in [-0.4, -0.2) is 46.4 Å². The predicted octanol–water partition coefficient (Wildman–Crippen LogP) is 3.16. The first-order chi connectivity index (χ1) is 15.0. The Bertz CT molecular complexity index is 1160. The zero-order chi connectivity index (χ0) is 23.5. The van der Waals surface area contributed by atoms with Crippen molar-refractivity contribution in [3.63, 3.8) is 0 Å². The number of carbonyl (C=O) groups is 1. The van der Waals surface area contributed by atoms with Crippen molar-refractivity contribution in [1.82, 2.24) is 9.62 Å². The molecule has 32 heavy (non-hydrogen) atoms. The van der Waals surface area contributed by atoms with Crippen molar-refractivity contribution in [1.29, 1.82) is 0 Å². The van der Waals surface area contributed by atoms with E-state index in [4.69, 9.17) is 11.6 Å². The number of sulfone groups is 1. The molecule has 1 aliphatic heterocycles. The Morgan fingerprint density at radius 1 is 1.03 bits per heavy atom. The second kappa shape index (κ2) is 9.91. The van der Waals surface area contributed by atoms with E-state index in [1.165, 1.54) is 16.4 Å². The maximum Gasteiger partial charge on any atom is 0.223 e. The van der Waals surface area contributed by atoms with Crippen molar-refractivity contribution >= 4 is 37.4 Å². The van der Waals surface area contributed by atoms with Crippen LogP contribution in [0.25, 0.3) is 0 Å². The van der Waals surface area contributed by atoms with Gasteiger partial charge in [0.15, 0.2) is 9.84 Å². The molecule has 1 atom stereocenters. The number of halogens is 1. The lowest BCUT2D eigenvalue weighted by atomic mass is 9.96. The maximum atomic E-state index is 12.7. The number of nitrogens with one attached hydrogen (secondary N) is 1. The van der Waals surface area contributed by atoms with Gasteiger partial charge in [-0.25, -0.2) is 21.1 Å². The van der Waals surface area contributed by atoms with E-state index in [-0.39, 0.29) is 28.5 Å². The summed E-state index contributed by atoms with van der Waals surface area (Å²) in [6, 6.07) is 12.9. The van der Waals surface area contributed by atoms with Gasteiger partial charge in [-0.05, 0) is 55.2 Å². The molecular weight excluding hydrogens is 472 g/mol. The number of hydrogen-bond donors (Lipinski definition) is 1. The van der Waals surface area contributed by atoms with E-state index in [1.807, 2.05) is 6.92 Å². The van der Waals surface area contributed by atoms with Crippen LogP contribution in [0.2, 0.25) is 5.02 Å². The number of benzene rings is 2. The standard InChI is InChI=1S/C22H27ClN2O5S2/c1-16(18-5-9-21(10-6-18)31(2,27)28)24-22(26)19-11-13-25(14-12-19)32(29,30)15-17-3-7-20(23)8-4-17/h3-10,16,19H,11-15H2,1-2H3,(H,24,26)/t16-/m0/s1. The quantitative estimate of drug-likeness (QED) is 0.632. The summed E-state index contributed by atoms with van der Waals surface area (Å²) < 4.78 is 50.1. The molecule has 2 aromatic rings. The van der Waals surface area contributed by atoms with Gasteiger partial charge in [0, 0.05) is 30.3 Å². The third-order valence-corrected chi connectivity index (χ3v) is 8.88. The maximum absolute atomic E-state index is 12.7. The van der Waals surface area contributed by atoms with Crippen LogP contribution >= 0.6 is 11.6 Å². The number of rotatable bonds is 7. The van der Waals surface area contributed by atoms with Gasteiger partial charge in [0.05, 0.1) is 16.7 Å². The van der Waals surface area contributed by atoms with Crippen LogP contribution in [0, 0.1) is 5.92 Å². The molecule has 1 aliphatic rings. The molecule has 2 aromatic carbocycles. The van der Waals surface area contributed by atoms with Crippen molar-refractivity contribution in [2.45, 2.75) is 36.5 Å². The Morgan fingerprint density at radius 2 is 1.59 bits per heavy atom. The Labute approximate surface area is 194 Å². The monoisotopic (exact) mass is 498 g/mol. The summed E-state index contributed by atoms with van der Waals surface area (Å²) in [5.41, 5.74) is 1.47. The highest BCUT2D eigenvalue weighted by Crippen LogP contribution is 2.24. The molecule has 174 valence electrons. The second-order valence-electron chi connectivity index (χ2n) is 8.13. The topological polar surface area (TPSA) is 101 Å². The van der Waals surface area contributed by atoms with Crippen LogP contribution in [0.15, 0.2) is 53.4 Å². The highest BCUT2D eigenvalue weighted by atomic mass is 35.5. The van der Waals surface area contributed by atoms with E-state index in [0.29, 0.717) is 36.5 Å². The summed E-state index contributed by atoms with van der Waals surface area (Å²) in [7, 11) is -6.74. The van der Waals surface area contributed by atoms with Crippen LogP contribution < -0.4 is 5.32 Å². The zero-order valence-corrected chi connectivity index (χ0v) is 20.4. The van der Waals surface area contributed by atoms with Gasteiger partial charge in [0.25, 0.3) is 0 Å². The van der Waals surface area contributed by atoms with E-state index in [2.05, 4.69) is 5.32 Å². The zero-order valence-electron chi connectivity index (χ0n) is 18.0. The third-order valence-electron chi connectivity index (χ3n) is 5.65. The fourth-order valence-electron chi connectivity index (χ4n) is 3.70. The minimum Gasteiger partial charge on any atom is -0.349 e. The molecule has 1 saturated heterocycles. The predicted molar refractivity (Wildman–Crippen MR) is 124 cm³/mol. The Kier molecular flexibility index (Phi) is 7.65. The minimum atomic E-state index is -3.47. The third kappa shape index (κ3) is 6.31. The van der Waals surface area contributed by atoms with Gasteiger partial charge in [0.2, 0.25) is 15.9 Å². The molecule has 3 rings (SSSR count). The van der Waals surface area contributed by atoms with Crippen LogP contribution in [0.3, 0.4) is 0 Å². The molecule has 1 fully saturated rings. The summed E-state index contributed by atoms with van der Waals surface area (Å²) in [6.45, 7) is 2.43. The molecule has 1 N–H and O–H groups in total. The van der Waals surface area contributed by atoms with E-state index >= 15 is 0 Å². The van der Waals surface area contributed by atoms with Crippen molar-refractivity contribution in [2.24, 2.45) is 5.92 Å². The molecular formula is C22H27ClN2O5S2. The lowest BCUT2D eigenvalue weighted by molar-refractivity contribution is -0.126. The lowest BCUT2D eigenvalue weighted by Gasteiger charge is -2.31. The van der Waals surface area contributed by atoms with Crippen molar-refractivity contribution < 1.29 is 21.6 Å². The molecule has 0 aliphatic carbocycles. The molecule has 0 aromatic heterocycles. The van der Waals surface area contributed by atoms with Gasteiger partial charge in [-0.1, -0.05) is 35.9 Å². The first-order valence-corrected chi connectivity index (χ1v) is 14.2. The normalized spacial score (nSPS) is 17.1. The first kappa shape index (κ1) is 24.7.